The molecule has 2 unspecified atom stereocenters. The average molecular weight is 324 g/mol. The van der Waals surface area contributed by atoms with E-state index in [0.717, 1.165) is 18.2 Å². The van der Waals surface area contributed by atoms with Crippen LogP contribution in [0.3, 0.4) is 0 Å². The van der Waals surface area contributed by atoms with E-state index in [-0.39, 0.29) is 5.54 Å². The number of benzene rings is 1. The van der Waals surface area contributed by atoms with Crippen molar-refractivity contribution in [2.75, 3.05) is 32.2 Å². The predicted molar refractivity (Wildman–Crippen MR) is 92.1 cm³/mol. The first-order chi connectivity index (χ1) is 10.2. The van der Waals surface area contributed by atoms with Gasteiger partial charge in [-0.3, -0.25) is 0 Å². The van der Waals surface area contributed by atoms with E-state index in [1.54, 1.807) is 12.1 Å². The number of anilines is 1. The van der Waals surface area contributed by atoms with Crippen molar-refractivity contribution in [2.45, 2.75) is 43.0 Å². The maximum Gasteiger partial charge on any atom is 0.175 e. The number of hydrogen-bond acceptors (Lipinski definition) is 4. The summed E-state index contributed by atoms with van der Waals surface area (Å²) in [4.78, 5) is 2.72. The third-order valence-electron chi connectivity index (χ3n) is 4.92. The second-order valence-corrected chi connectivity index (χ2v) is 8.99. The Hall–Kier alpha value is -1.07. The van der Waals surface area contributed by atoms with Crippen LogP contribution in [0.1, 0.15) is 32.6 Å². The van der Waals surface area contributed by atoms with Gasteiger partial charge >= 0.3 is 0 Å². The van der Waals surface area contributed by atoms with Crippen LogP contribution in [-0.2, 0) is 9.84 Å². The Labute approximate surface area is 134 Å². The quantitative estimate of drug-likeness (QED) is 0.904. The molecule has 1 N–H and O–H groups in total. The van der Waals surface area contributed by atoms with Gasteiger partial charge in [0, 0.05) is 24.0 Å². The molecule has 2 atom stereocenters. The molecule has 124 valence electrons. The molecule has 0 saturated heterocycles. The molecule has 2 rings (SSSR count). The van der Waals surface area contributed by atoms with Crippen molar-refractivity contribution in [1.29, 1.82) is 0 Å². The average Bonchev–Trinajstić information content (AvgIpc) is 2.44. The van der Waals surface area contributed by atoms with Crippen LogP contribution in [0.2, 0.25) is 0 Å². The van der Waals surface area contributed by atoms with Crippen LogP contribution in [-0.4, -0.2) is 45.8 Å². The normalized spacial score (nSPS) is 26.1. The van der Waals surface area contributed by atoms with Crippen molar-refractivity contribution in [3.05, 3.63) is 24.3 Å². The van der Waals surface area contributed by atoms with E-state index >= 15 is 0 Å². The molecular formula is C17H28N2O2S. The lowest BCUT2D eigenvalue weighted by Gasteiger charge is -2.45. The van der Waals surface area contributed by atoms with Crippen LogP contribution in [0.25, 0.3) is 0 Å². The highest BCUT2D eigenvalue weighted by atomic mass is 32.2. The van der Waals surface area contributed by atoms with Gasteiger partial charge in [-0.1, -0.05) is 19.8 Å². The molecule has 1 fully saturated rings. The summed E-state index contributed by atoms with van der Waals surface area (Å²) < 4.78 is 23.0. The molecule has 5 heteroatoms. The van der Waals surface area contributed by atoms with E-state index in [2.05, 4.69) is 31.2 Å². The van der Waals surface area contributed by atoms with Gasteiger partial charge < -0.3 is 10.2 Å². The Morgan fingerprint density at radius 3 is 2.41 bits per heavy atom. The molecule has 1 aromatic carbocycles. The first-order valence-corrected chi connectivity index (χ1v) is 9.83. The highest BCUT2D eigenvalue weighted by molar-refractivity contribution is 7.90. The summed E-state index contributed by atoms with van der Waals surface area (Å²) >= 11 is 0. The lowest BCUT2D eigenvalue weighted by atomic mass is 9.75. The van der Waals surface area contributed by atoms with Gasteiger partial charge in [0.15, 0.2) is 9.84 Å². The van der Waals surface area contributed by atoms with Gasteiger partial charge in [-0.2, -0.15) is 0 Å². The van der Waals surface area contributed by atoms with Crippen LogP contribution >= 0.6 is 0 Å². The van der Waals surface area contributed by atoms with E-state index in [9.17, 15) is 8.42 Å². The maximum absolute atomic E-state index is 11.5. The number of likely N-dealkylation sites (N-methyl/N-ethyl adjacent to an activating group) is 1. The molecule has 1 aliphatic carbocycles. The third kappa shape index (κ3) is 4.02. The van der Waals surface area contributed by atoms with Crippen molar-refractivity contribution in [3.8, 4) is 0 Å². The smallest absolute Gasteiger partial charge is 0.175 e. The van der Waals surface area contributed by atoms with Gasteiger partial charge in [-0.15, -0.1) is 0 Å². The highest BCUT2D eigenvalue weighted by Gasteiger charge is 2.36. The molecular weight excluding hydrogens is 296 g/mol. The van der Waals surface area contributed by atoms with Gasteiger partial charge in [-0.25, -0.2) is 8.42 Å². The van der Waals surface area contributed by atoms with E-state index in [1.807, 2.05) is 12.1 Å². The van der Waals surface area contributed by atoms with Crippen molar-refractivity contribution in [2.24, 2.45) is 5.92 Å². The van der Waals surface area contributed by atoms with E-state index in [4.69, 9.17) is 0 Å². The lowest BCUT2D eigenvalue weighted by molar-refractivity contribution is 0.0882. The van der Waals surface area contributed by atoms with Crippen LogP contribution in [0.4, 0.5) is 5.69 Å². The monoisotopic (exact) mass is 324 g/mol. The van der Waals surface area contributed by atoms with Gasteiger partial charge in [0.05, 0.1) is 4.90 Å². The molecule has 1 aliphatic rings. The van der Waals surface area contributed by atoms with Crippen molar-refractivity contribution in [1.82, 2.24) is 4.90 Å². The molecule has 1 aromatic rings. The molecule has 0 aliphatic heterocycles. The lowest BCUT2D eigenvalue weighted by Crippen LogP contribution is -2.52. The predicted octanol–water partition coefficient (Wildman–Crippen LogP) is 3.01. The minimum atomic E-state index is -3.12. The van der Waals surface area contributed by atoms with Gasteiger partial charge in [-0.05, 0) is 57.1 Å². The summed E-state index contributed by atoms with van der Waals surface area (Å²) in [5, 5.41) is 3.50. The summed E-state index contributed by atoms with van der Waals surface area (Å²) in [7, 11) is 1.19. The molecule has 0 radical (unpaired) electrons. The van der Waals surface area contributed by atoms with Crippen molar-refractivity contribution >= 4 is 15.5 Å². The summed E-state index contributed by atoms with van der Waals surface area (Å²) in [5.41, 5.74) is 1.17. The minimum absolute atomic E-state index is 0.188. The van der Waals surface area contributed by atoms with E-state index < -0.39 is 9.84 Å². The van der Waals surface area contributed by atoms with E-state index in [0.29, 0.717) is 4.90 Å². The standard InChI is InChI=1S/C17H28N2O2S/c1-14-6-5-11-17(12-14,19(2)3)13-18-15-7-9-16(10-8-15)22(4,20)21/h7-10,14,18H,5-6,11-13H2,1-4H3. The number of sulfone groups is 1. The zero-order valence-electron chi connectivity index (χ0n) is 14.1. The number of rotatable bonds is 5. The molecule has 0 amide bonds. The van der Waals surface area contributed by atoms with E-state index in [1.165, 1.54) is 31.9 Å². The molecule has 0 heterocycles. The fourth-order valence-electron chi connectivity index (χ4n) is 3.44. The Bertz CT molecular complexity index is 596. The highest BCUT2D eigenvalue weighted by Crippen LogP contribution is 2.35. The zero-order chi connectivity index (χ0) is 16.4. The summed E-state index contributed by atoms with van der Waals surface area (Å²) in [5.74, 6) is 0.755. The maximum atomic E-state index is 11.5. The number of hydrogen-bond donors (Lipinski definition) is 1. The number of nitrogens with zero attached hydrogens (tertiary/aromatic N) is 1. The van der Waals surface area contributed by atoms with Crippen LogP contribution in [0.5, 0.6) is 0 Å². The van der Waals surface area contributed by atoms with Crippen molar-refractivity contribution < 1.29 is 8.42 Å². The SMILES string of the molecule is CC1CCCC(CNc2ccc(S(C)(=O)=O)cc2)(N(C)C)C1. The number of nitrogens with one attached hydrogen (secondary N) is 1. The van der Waals surface area contributed by atoms with Crippen LogP contribution in [0.15, 0.2) is 29.2 Å². The fraction of sp³-hybridized carbons (Fsp3) is 0.647. The Kier molecular flexibility index (Phi) is 5.17. The second kappa shape index (κ2) is 6.59. The third-order valence-corrected chi connectivity index (χ3v) is 6.05. The fourth-order valence-corrected chi connectivity index (χ4v) is 4.07. The molecule has 0 spiro atoms. The van der Waals surface area contributed by atoms with Crippen LogP contribution < -0.4 is 5.32 Å². The molecule has 0 bridgehead atoms. The summed E-state index contributed by atoms with van der Waals surface area (Å²) in [6.07, 6.45) is 6.24. The van der Waals surface area contributed by atoms with Crippen LogP contribution in [0, 0.1) is 5.92 Å². The summed E-state index contributed by atoms with van der Waals surface area (Å²) in [6.45, 7) is 3.22. The molecule has 22 heavy (non-hydrogen) atoms. The Morgan fingerprint density at radius 1 is 1.27 bits per heavy atom. The Morgan fingerprint density at radius 2 is 1.91 bits per heavy atom. The minimum Gasteiger partial charge on any atom is -0.383 e. The van der Waals surface area contributed by atoms with Gasteiger partial charge in [0.25, 0.3) is 0 Å². The molecule has 4 nitrogen and oxygen atoms in total. The Balaban J connectivity index is 2.07. The zero-order valence-corrected chi connectivity index (χ0v) is 14.9. The molecule has 0 aromatic heterocycles. The second-order valence-electron chi connectivity index (χ2n) is 6.97. The first-order valence-electron chi connectivity index (χ1n) is 7.94. The topological polar surface area (TPSA) is 49.4 Å². The molecule has 1 saturated carbocycles. The summed E-state index contributed by atoms with van der Waals surface area (Å²) in [6, 6.07) is 7.05. The van der Waals surface area contributed by atoms with Gasteiger partial charge in [0.1, 0.15) is 0 Å². The van der Waals surface area contributed by atoms with Crippen molar-refractivity contribution in [3.63, 3.8) is 0 Å². The largest absolute Gasteiger partial charge is 0.383 e. The first kappa shape index (κ1) is 17.3. The van der Waals surface area contributed by atoms with Gasteiger partial charge in [0.2, 0.25) is 0 Å².